The monoisotopic (exact) mass is 256 g/mol. The molecule has 0 saturated carbocycles. The first-order valence-electron chi connectivity index (χ1n) is 5.25. The van der Waals surface area contributed by atoms with Crippen molar-refractivity contribution in [1.29, 1.82) is 5.26 Å². The van der Waals surface area contributed by atoms with Crippen LogP contribution in [-0.2, 0) is 0 Å². The molecule has 0 atom stereocenters. The molecule has 19 heavy (non-hydrogen) atoms. The summed E-state index contributed by atoms with van der Waals surface area (Å²) in [4.78, 5) is 9.98. The van der Waals surface area contributed by atoms with Gasteiger partial charge in [-0.15, -0.1) is 0 Å². The third-order valence-electron chi connectivity index (χ3n) is 2.37. The van der Waals surface area contributed by atoms with Gasteiger partial charge in [0.25, 0.3) is 5.69 Å². The summed E-state index contributed by atoms with van der Waals surface area (Å²) in [7, 11) is 0. The Morgan fingerprint density at radius 1 is 1.16 bits per heavy atom. The first-order valence-corrected chi connectivity index (χ1v) is 5.25. The Labute approximate surface area is 108 Å². The molecule has 2 aromatic carbocycles. The van der Waals surface area contributed by atoms with Gasteiger partial charge in [-0.2, -0.15) is 5.26 Å². The molecular formula is C13H8N2O4. The molecule has 1 N–H and O–H groups in total. The molecule has 0 aliphatic heterocycles. The zero-order valence-electron chi connectivity index (χ0n) is 9.61. The highest BCUT2D eigenvalue weighted by Crippen LogP contribution is 2.28. The quantitative estimate of drug-likeness (QED) is 0.672. The fraction of sp³-hybridized carbons (Fsp3) is 0. The van der Waals surface area contributed by atoms with Gasteiger partial charge in [-0.25, -0.2) is 0 Å². The van der Waals surface area contributed by atoms with Gasteiger partial charge in [0, 0.05) is 18.2 Å². The van der Waals surface area contributed by atoms with Crippen molar-refractivity contribution in [2.45, 2.75) is 0 Å². The average Bonchev–Trinajstić information content (AvgIpc) is 2.39. The smallest absolute Gasteiger partial charge is 0.269 e. The third kappa shape index (κ3) is 2.79. The highest BCUT2D eigenvalue weighted by Gasteiger charge is 2.06. The Balaban J connectivity index is 2.19. The van der Waals surface area contributed by atoms with Gasteiger partial charge >= 0.3 is 0 Å². The number of phenolic OH excluding ortho intramolecular Hbond substituents is 1. The maximum Gasteiger partial charge on any atom is 0.269 e. The maximum atomic E-state index is 10.5. The van der Waals surface area contributed by atoms with Gasteiger partial charge < -0.3 is 9.84 Å². The number of rotatable bonds is 3. The standard InChI is InChI=1S/C13H8N2O4/c14-8-9-1-4-12(7-13(9)16)19-11-5-2-10(3-6-11)15(17)18/h1-7,16H. The molecule has 94 valence electrons. The van der Waals surface area contributed by atoms with Crippen molar-refractivity contribution in [2.75, 3.05) is 0 Å². The van der Waals surface area contributed by atoms with Crippen LogP contribution in [0.3, 0.4) is 0 Å². The maximum absolute atomic E-state index is 10.5. The fourth-order valence-corrected chi connectivity index (χ4v) is 1.44. The van der Waals surface area contributed by atoms with E-state index in [-0.39, 0.29) is 17.0 Å². The van der Waals surface area contributed by atoms with Crippen LogP contribution in [0.2, 0.25) is 0 Å². The molecule has 0 unspecified atom stereocenters. The van der Waals surface area contributed by atoms with Crippen molar-refractivity contribution in [3.05, 3.63) is 58.1 Å². The van der Waals surface area contributed by atoms with E-state index >= 15 is 0 Å². The molecule has 6 nitrogen and oxygen atoms in total. The molecule has 0 fully saturated rings. The number of hydrogen-bond donors (Lipinski definition) is 1. The summed E-state index contributed by atoms with van der Waals surface area (Å²) in [5.41, 5.74) is 0.117. The first kappa shape index (κ1) is 12.4. The molecule has 0 radical (unpaired) electrons. The third-order valence-corrected chi connectivity index (χ3v) is 2.37. The van der Waals surface area contributed by atoms with Crippen LogP contribution in [0.1, 0.15) is 5.56 Å². The highest BCUT2D eigenvalue weighted by molar-refractivity contribution is 5.48. The van der Waals surface area contributed by atoms with Gasteiger partial charge in [-0.1, -0.05) is 0 Å². The van der Waals surface area contributed by atoms with Gasteiger partial charge in [0.2, 0.25) is 0 Å². The second-order valence-corrected chi connectivity index (χ2v) is 3.64. The Hall–Kier alpha value is -3.07. The van der Waals surface area contributed by atoms with Crippen LogP contribution in [0.5, 0.6) is 17.2 Å². The summed E-state index contributed by atoms with van der Waals surface area (Å²) in [6.45, 7) is 0. The van der Waals surface area contributed by atoms with Crippen molar-refractivity contribution in [3.63, 3.8) is 0 Å². The fourth-order valence-electron chi connectivity index (χ4n) is 1.44. The topological polar surface area (TPSA) is 96.4 Å². The van der Waals surface area contributed by atoms with Crippen molar-refractivity contribution in [3.8, 4) is 23.3 Å². The van der Waals surface area contributed by atoms with E-state index in [9.17, 15) is 15.2 Å². The van der Waals surface area contributed by atoms with Crippen LogP contribution >= 0.6 is 0 Å². The largest absolute Gasteiger partial charge is 0.506 e. The normalized spacial score (nSPS) is 9.63. The molecule has 0 aliphatic rings. The molecule has 0 aliphatic carbocycles. The van der Waals surface area contributed by atoms with Crippen LogP contribution < -0.4 is 4.74 Å². The lowest BCUT2D eigenvalue weighted by atomic mass is 10.2. The minimum Gasteiger partial charge on any atom is -0.506 e. The molecule has 0 heterocycles. The summed E-state index contributed by atoms with van der Waals surface area (Å²) in [5, 5.41) is 28.6. The van der Waals surface area contributed by atoms with Crippen molar-refractivity contribution in [2.24, 2.45) is 0 Å². The second-order valence-electron chi connectivity index (χ2n) is 3.64. The van der Waals surface area contributed by atoms with Crippen LogP contribution in [0.15, 0.2) is 42.5 Å². The molecule has 0 bridgehead atoms. The Morgan fingerprint density at radius 2 is 1.79 bits per heavy atom. The number of hydrogen-bond acceptors (Lipinski definition) is 5. The molecule has 0 saturated heterocycles. The molecule has 2 aromatic rings. The number of non-ortho nitro benzene ring substituents is 1. The first-order chi connectivity index (χ1) is 9.10. The average molecular weight is 256 g/mol. The van der Waals surface area contributed by atoms with Crippen LogP contribution in [0, 0.1) is 21.4 Å². The summed E-state index contributed by atoms with van der Waals surface area (Å²) < 4.78 is 5.40. The van der Waals surface area contributed by atoms with Crippen LogP contribution in [-0.4, -0.2) is 10.0 Å². The lowest BCUT2D eigenvalue weighted by Gasteiger charge is -2.06. The van der Waals surface area contributed by atoms with E-state index in [1.54, 1.807) is 0 Å². The second kappa shape index (κ2) is 5.06. The van der Waals surface area contributed by atoms with E-state index in [0.29, 0.717) is 11.5 Å². The van der Waals surface area contributed by atoms with Gasteiger partial charge in [0.05, 0.1) is 10.5 Å². The van der Waals surface area contributed by atoms with E-state index in [0.717, 1.165) is 0 Å². The SMILES string of the molecule is N#Cc1ccc(Oc2ccc([N+](=O)[O-])cc2)cc1O. The summed E-state index contributed by atoms with van der Waals surface area (Å²) in [6.07, 6.45) is 0. The van der Waals surface area contributed by atoms with Crippen molar-refractivity contribution >= 4 is 5.69 Å². The van der Waals surface area contributed by atoms with Gasteiger partial charge in [0.1, 0.15) is 23.3 Å². The van der Waals surface area contributed by atoms with Gasteiger partial charge in [-0.05, 0) is 24.3 Å². The zero-order chi connectivity index (χ0) is 13.8. The van der Waals surface area contributed by atoms with E-state index in [1.165, 1.54) is 42.5 Å². The molecule has 0 spiro atoms. The minimum absolute atomic E-state index is 0.0324. The number of benzene rings is 2. The van der Waals surface area contributed by atoms with E-state index in [2.05, 4.69) is 0 Å². The molecular weight excluding hydrogens is 248 g/mol. The lowest BCUT2D eigenvalue weighted by molar-refractivity contribution is -0.384. The van der Waals surface area contributed by atoms with E-state index < -0.39 is 4.92 Å². The number of nitro groups is 1. The zero-order valence-corrected chi connectivity index (χ0v) is 9.61. The highest BCUT2D eigenvalue weighted by atomic mass is 16.6. The predicted molar refractivity (Wildman–Crippen MR) is 66.0 cm³/mol. The number of ether oxygens (including phenoxy) is 1. The Kier molecular flexibility index (Phi) is 3.30. The lowest BCUT2D eigenvalue weighted by Crippen LogP contribution is -1.88. The molecule has 0 amide bonds. The number of nitriles is 1. The van der Waals surface area contributed by atoms with Gasteiger partial charge in [0.15, 0.2) is 0 Å². The Bertz CT molecular complexity index is 659. The molecule has 0 aromatic heterocycles. The molecule has 2 rings (SSSR count). The van der Waals surface area contributed by atoms with Crippen molar-refractivity contribution in [1.82, 2.24) is 0 Å². The van der Waals surface area contributed by atoms with E-state index in [4.69, 9.17) is 10.00 Å². The van der Waals surface area contributed by atoms with Crippen LogP contribution in [0.25, 0.3) is 0 Å². The van der Waals surface area contributed by atoms with Gasteiger partial charge in [-0.3, -0.25) is 10.1 Å². The molecule has 6 heteroatoms. The van der Waals surface area contributed by atoms with E-state index in [1.807, 2.05) is 6.07 Å². The van der Waals surface area contributed by atoms with Crippen molar-refractivity contribution < 1.29 is 14.8 Å². The number of nitrogens with zero attached hydrogens (tertiary/aromatic N) is 2. The van der Waals surface area contributed by atoms with Crippen LogP contribution in [0.4, 0.5) is 5.69 Å². The summed E-state index contributed by atoms with van der Waals surface area (Å²) in [6, 6.07) is 11.6. The summed E-state index contributed by atoms with van der Waals surface area (Å²) >= 11 is 0. The number of nitro benzene ring substituents is 1. The predicted octanol–water partition coefficient (Wildman–Crippen LogP) is 2.96. The Morgan fingerprint density at radius 3 is 2.32 bits per heavy atom. The summed E-state index contributed by atoms with van der Waals surface area (Å²) in [5.74, 6) is 0.557. The number of aromatic hydroxyl groups is 1. The number of phenols is 1. The minimum atomic E-state index is -0.503.